The highest BCUT2D eigenvalue weighted by Crippen LogP contribution is 2.26. The Balaban J connectivity index is 1.60. The van der Waals surface area contributed by atoms with Gasteiger partial charge in [0.1, 0.15) is 5.75 Å². The van der Waals surface area contributed by atoms with Crippen LogP contribution in [0.15, 0.2) is 72.8 Å². The Morgan fingerprint density at radius 2 is 1.81 bits per heavy atom. The van der Waals surface area contributed by atoms with Gasteiger partial charge in [-0.1, -0.05) is 61.5 Å². The Kier molecular flexibility index (Phi) is 10.2. The van der Waals surface area contributed by atoms with Crippen LogP contribution in [0.5, 0.6) is 5.75 Å². The molecule has 0 saturated carbocycles. The van der Waals surface area contributed by atoms with E-state index in [2.05, 4.69) is 36.1 Å². The second-order valence-electron chi connectivity index (χ2n) is 9.94. The van der Waals surface area contributed by atoms with Gasteiger partial charge < -0.3 is 14.7 Å². The van der Waals surface area contributed by atoms with E-state index < -0.39 is 0 Å². The molecule has 3 aromatic rings. The van der Waals surface area contributed by atoms with E-state index >= 15 is 0 Å². The Morgan fingerprint density at radius 1 is 0.973 bits per heavy atom. The molecule has 0 saturated heterocycles. The summed E-state index contributed by atoms with van der Waals surface area (Å²) in [6.45, 7) is 6.80. The smallest absolute Gasteiger partial charge is 0.254 e. The minimum Gasteiger partial charge on any atom is -0.493 e. The summed E-state index contributed by atoms with van der Waals surface area (Å²) >= 11 is 0. The number of ether oxygens (including phenoxy) is 1. The van der Waals surface area contributed by atoms with Gasteiger partial charge in [0.2, 0.25) is 0 Å². The lowest BCUT2D eigenvalue weighted by atomic mass is 9.99. The van der Waals surface area contributed by atoms with Crippen LogP contribution in [-0.4, -0.2) is 53.7 Å². The van der Waals surface area contributed by atoms with Gasteiger partial charge in [-0.2, -0.15) is 0 Å². The zero-order chi connectivity index (χ0) is 25.9. The summed E-state index contributed by atoms with van der Waals surface area (Å²) in [6.07, 6.45) is 5.20. The van der Waals surface area contributed by atoms with Crippen molar-refractivity contribution in [3.05, 3.63) is 101 Å². The molecule has 5 nitrogen and oxygen atoms in total. The Morgan fingerprint density at radius 3 is 2.62 bits per heavy atom. The molecule has 1 aliphatic heterocycles. The predicted molar refractivity (Wildman–Crippen MR) is 149 cm³/mol. The third kappa shape index (κ3) is 7.91. The number of amides is 1. The summed E-state index contributed by atoms with van der Waals surface area (Å²) in [5.41, 5.74) is 5.23. The van der Waals surface area contributed by atoms with E-state index in [-0.39, 0.29) is 19.1 Å². The molecule has 0 aromatic heterocycles. The van der Waals surface area contributed by atoms with Gasteiger partial charge in [0.05, 0.1) is 13.2 Å². The van der Waals surface area contributed by atoms with Crippen molar-refractivity contribution < 1.29 is 14.6 Å². The number of carbonyl (C=O) groups is 1. The number of aliphatic hydroxyl groups is 1. The fraction of sp³-hybridized carbons (Fsp3) is 0.406. The molecule has 0 aliphatic carbocycles. The molecule has 0 radical (unpaired) electrons. The molecule has 5 heteroatoms. The lowest BCUT2D eigenvalue weighted by Crippen LogP contribution is -2.33. The first-order chi connectivity index (χ1) is 18.2. The van der Waals surface area contributed by atoms with Gasteiger partial charge in [0, 0.05) is 31.6 Å². The van der Waals surface area contributed by atoms with E-state index in [0.29, 0.717) is 25.1 Å². The van der Waals surface area contributed by atoms with E-state index in [1.165, 1.54) is 17.5 Å². The quantitative estimate of drug-likeness (QED) is 0.453. The standard InChI is InChI=1S/C32H40N2O3/c1-2-16-33-17-7-4-8-20-37-31-15-14-29(23-30(31)22-27-12-9-13-28(21-27)24-33)32(36)34(18-19-35)25-26-10-5-3-6-11-26/h3,5-6,9-15,21,23,35H,2,4,7-8,16-20,22,24-25H2,1H3. The van der Waals surface area contributed by atoms with Crippen LogP contribution in [0.25, 0.3) is 0 Å². The molecule has 0 unspecified atom stereocenters. The molecule has 1 heterocycles. The molecule has 0 spiro atoms. The fourth-order valence-electron chi connectivity index (χ4n) is 5.05. The second kappa shape index (κ2) is 14.0. The van der Waals surface area contributed by atoms with E-state index in [1.54, 1.807) is 4.90 Å². The summed E-state index contributed by atoms with van der Waals surface area (Å²) < 4.78 is 6.24. The highest BCUT2D eigenvalue weighted by atomic mass is 16.5. The molecule has 1 amide bonds. The minimum atomic E-state index is -0.0796. The summed E-state index contributed by atoms with van der Waals surface area (Å²) in [6, 6.07) is 24.5. The number of rotatable bonds is 7. The van der Waals surface area contributed by atoms with Crippen LogP contribution in [0.1, 0.15) is 65.2 Å². The van der Waals surface area contributed by atoms with Crippen LogP contribution in [-0.2, 0) is 19.5 Å². The van der Waals surface area contributed by atoms with Crippen LogP contribution >= 0.6 is 0 Å². The number of carbonyl (C=O) groups excluding carboxylic acids is 1. The van der Waals surface area contributed by atoms with Crippen molar-refractivity contribution in [1.29, 1.82) is 0 Å². The Labute approximate surface area is 221 Å². The first-order valence-corrected chi connectivity index (χ1v) is 13.7. The van der Waals surface area contributed by atoms with E-state index in [4.69, 9.17) is 4.74 Å². The third-order valence-corrected chi connectivity index (χ3v) is 6.89. The third-order valence-electron chi connectivity index (χ3n) is 6.89. The average Bonchev–Trinajstić information content (AvgIpc) is 2.91. The number of hydrogen-bond acceptors (Lipinski definition) is 4. The van der Waals surface area contributed by atoms with E-state index in [9.17, 15) is 9.90 Å². The number of aliphatic hydroxyl groups excluding tert-OH is 1. The largest absolute Gasteiger partial charge is 0.493 e. The monoisotopic (exact) mass is 500 g/mol. The van der Waals surface area contributed by atoms with Crippen molar-refractivity contribution in [3.63, 3.8) is 0 Å². The molecule has 196 valence electrons. The van der Waals surface area contributed by atoms with Crippen molar-refractivity contribution in [3.8, 4) is 5.75 Å². The van der Waals surface area contributed by atoms with Gasteiger partial charge in [-0.25, -0.2) is 0 Å². The van der Waals surface area contributed by atoms with Gasteiger partial charge in [0.15, 0.2) is 0 Å². The summed E-state index contributed by atoms with van der Waals surface area (Å²) in [5.74, 6) is 0.771. The first-order valence-electron chi connectivity index (χ1n) is 13.7. The molecular weight excluding hydrogens is 460 g/mol. The molecule has 2 bridgehead atoms. The molecule has 37 heavy (non-hydrogen) atoms. The fourth-order valence-corrected chi connectivity index (χ4v) is 5.05. The molecule has 0 fully saturated rings. The van der Waals surface area contributed by atoms with Crippen LogP contribution < -0.4 is 4.74 Å². The molecule has 1 aliphatic rings. The molecule has 1 N–H and O–H groups in total. The first kappa shape index (κ1) is 26.9. The van der Waals surface area contributed by atoms with Crippen LogP contribution in [0.3, 0.4) is 0 Å². The predicted octanol–water partition coefficient (Wildman–Crippen LogP) is 5.69. The lowest BCUT2D eigenvalue weighted by Gasteiger charge is -2.23. The van der Waals surface area contributed by atoms with E-state index in [0.717, 1.165) is 55.8 Å². The van der Waals surface area contributed by atoms with Crippen molar-refractivity contribution in [2.24, 2.45) is 0 Å². The summed E-state index contributed by atoms with van der Waals surface area (Å²) in [7, 11) is 0. The molecule has 0 atom stereocenters. The minimum absolute atomic E-state index is 0.0749. The normalized spacial score (nSPS) is 14.8. The zero-order valence-electron chi connectivity index (χ0n) is 22.1. The van der Waals surface area contributed by atoms with Crippen molar-refractivity contribution in [2.45, 2.75) is 52.1 Å². The number of nitrogens with zero attached hydrogens (tertiary/aromatic N) is 2. The maximum atomic E-state index is 13.5. The molecular formula is C32H40N2O3. The topological polar surface area (TPSA) is 53.0 Å². The van der Waals surface area contributed by atoms with Crippen LogP contribution in [0, 0.1) is 0 Å². The Hall–Kier alpha value is -3.15. The number of fused-ring (bicyclic) bond motifs is 3. The van der Waals surface area contributed by atoms with Crippen molar-refractivity contribution >= 4 is 5.91 Å². The van der Waals surface area contributed by atoms with E-state index in [1.807, 2.05) is 48.5 Å². The average molecular weight is 501 g/mol. The van der Waals surface area contributed by atoms with Crippen molar-refractivity contribution in [1.82, 2.24) is 9.80 Å². The molecule has 3 aromatic carbocycles. The lowest BCUT2D eigenvalue weighted by molar-refractivity contribution is 0.0707. The van der Waals surface area contributed by atoms with Gasteiger partial charge >= 0.3 is 0 Å². The van der Waals surface area contributed by atoms with Gasteiger partial charge in [-0.15, -0.1) is 0 Å². The van der Waals surface area contributed by atoms with Crippen LogP contribution in [0.2, 0.25) is 0 Å². The second-order valence-corrected chi connectivity index (χ2v) is 9.94. The van der Waals surface area contributed by atoms with Crippen molar-refractivity contribution in [2.75, 3.05) is 32.8 Å². The summed E-state index contributed by atoms with van der Waals surface area (Å²) in [4.78, 5) is 17.8. The van der Waals surface area contributed by atoms with Gasteiger partial charge in [-0.05, 0) is 79.2 Å². The maximum absolute atomic E-state index is 13.5. The number of benzene rings is 3. The zero-order valence-corrected chi connectivity index (χ0v) is 22.1. The maximum Gasteiger partial charge on any atom is 0.254 e. The summed E-state index contributed by atoms with van der Waals surface area (Å²) in [5, 5.41) is 9.63. The number of hydrogen-bond donors (Lipinski definition) is 1. The highest BCUT2D eigenvalue weighted by Gasteiger charge is 2.18. The Bertz CT molecular complexity index is 1130. The molecule has 4 rings (SSSR count). The van der Waals surface area contributed by atoms with Gasteiger partial charge in [-0.3, -0.25) is 9.69 Å². The SMILES string of the molecule is CCCN1CCCCCOc2ccc(C(=O)N(CCO)Cc3ccccc3)cc2Cc2cccc(c2)C1. The highest BCUT2D eigenvalue weighted by molar-refractivity contribution is 5.94. The van der Waals surface area contributed by atoms with Crippen LogP contribution in [0.4, 0.5) is 0 Å². The van der Waals surface area contributed by atoms with Gasteiger partial charge in [0.25, 0.3) is 5.91 Å².